The molecule has 0 saturated carbocycles. The lowest BCUT2D eigenvalue weighted by molar-refractivity contribution is -0.121. The fraction of sp³-hybridized carbons (Fsp3) is 0.500. The molecule has 0 aromatic carbocycles. The average Bonchev–Trinajstić information content (AvgIpc) is 2.38. The molecule has 1 atom stereocenters. The Labute approximate surface area is 106 Å². The summed E-state index contributed by atoms with van der Waals surface area (Å²) < 4.78 is 5.29. The van der Waals surface area contributed by atoms with Gasteiger partial charge in [0.2, 0.25) is 5.91 Å². The molecule has 0 radical (unpaired) electrons. The van der Waals surface area contributed by atoms with Crippen LogP contribution in [0.2, 0.25) is 0 Å². The van der Waals surface area contributed by atoms with E-state index in [9.17, 15) is 4.79 Å². The zero-order valence-electron chi connectivity index (χ0n) is 10.4. The Morgan fingerprint density at radius 2 is 2.44 bits per heavy atom. The first kappa shape index (κ1) is 12.8. The van der Waals surface area contributed by atoms with Crippen molar-refractivity contribution in [1.29, 1.82) is 0 Å². The first-order chi connectivity index (χ1) is 8.63. The predicted molar refractivity (Wildman–Crippen MR) is 68.0 cm³/mol. The SMILES string of the molecule is Cc1cc(CN)cnc1N1CCOCC1C(N)=O. The van der Waals surface area contributed by atoms with Gasteiger partial charge in [0.1, 0.15) is 11.9 Å². The van der Waals surface area contributed by atoms with Crippen molar-refractivity contribution in [2.24, 2.45) is 11.5 Å². The van der Waals surface area contributed by atoms with Gasteiger partial charge in [0, 0.05) is 19.3 Å². The largest absolute Gasteiger partial charge is 0.377 e. The Hall–Kier alpha value is -1.66. The molecule has 6 nitrogen and oxygen atoms in total. The van der Waals surface area contributed by atoms with Crippen LogP contribution in [0.5, 0.6) is 0 Å². The van der Waals surface area contributed by atoms with Crippen LogP contribution in [0.15, 0.2) is 12.3 Å². The molecule has 1 fully saturated rings. The monoisotopic (exact) mass is 250 g/mol. The third-order valence-electron chi connectivity index (χ3n) is 3.07. The second kappa shape index (κ2) is 5.32. The Morgan fingerprint density at radius 3 is 3.06 bits per heavy atom. The van der Waals surface area contributed by atoms with Gasteiger partial charge in [0.15, 0.2) is 0 Å². The number of carbonyl (C=O) groups is 1. The number of primary amides is 1. The quantitative estimate of drug-likeness (QED) is 0.757. The number of rotatable bonds is 3. The van der Waals surface area contributed by atoms with Crippen molar-refractivity contribution in [2.45, 2.75) is 19.5 Å². The highest BCUT2D eigenvalue weighted by Gasteiger charge is 2.29. The maximum absolute atomic E-state index is 11.4. The summed E-state index contributed by atoms with van der Waals surface area (Å²) in [5.41, 5.74) is 12.9. The number of aromatic nitrogens is 1. The smallest absolute Gasteiger partial charge is 0.242 e. The maximum Gasteiger partial charge on any atom is 0.242 e. The van der Waals surface area contributed by atoms with Crippen molar-refractivity contribution in [2.75, 3.05) is 24.7 Å². The van der Waals surface area contributed by atoms with Crippen LogP contribution in [0.3, 0.4) is 0 Å². The zero-order valence-corrected chi connectivity index (χ0v) is 10.4. The number of carbonyl (C=O) groups excluding carboxylic acids is 1. The van der Waals surface area contributed by atoms with Crippen molar-refractivity contribution in [3.8, 4) is 0 Å². The molecule has 0 aliphatic carbocycles. The van der Waals surface area contributed by atoms with E-state index in [1.54, 1.807) is 6.20 Å². The lowest BCUT2D eigenvalue weighted by Crippen LogP contribution is -2.53. The number of nitrogens with zero attached hydrogens (tertiary/aromatic N) is 2. The Bertz CT molecular complexity index is 450. The average molecular weight is 250 g/mol. The van der Waals surface area contributed by atoms with Crippen LogP contribution in [-0.4, -0.2) is 36.7 Å². The molecule has 18 heavy (non-hydrogen) atoms. The highest BCUT2D eigenvalue weighted by Crippen LogP contribution is 2.22. The van der Waals surface area contributed by atoms with E-state index < -0.39 is 6.04 Å². The molecule has 1 aromatic heterocycles. The van der Waals surface area contributed by atoms with Gasteiger partial charge in [-0.1, -0.05) is 0 Å². The topological polar surface area (TPSA) is 94.5 Å². The standard InChI is InChI=1S/C12H18N4O2/c1-8-4-9(5-13)6-15-12(8)16-2-3-18-7-10(16)11(14)17/h4,6,10H,2-3,5,7,13H2,1H3,(H2,14,17). The molecule has 1 aliphatic heterocycles. The molecule has 98 valence electrons. The fourth-order valence-corrected chi connectivity index (χ4v) is 2.13. The van der Waals surface area contributed by atoms with E-state index in [0.717, 1.165) is 16.9 Å². The number of hydrogen-bond donors (Lipinski definition) is 2. The van der Waals surface area contributed by atoms with E-state index >= 15 is 0 Å². The molecule has 1 aromatic rings. The van der Waals surface area contributed by atoms with Crippen LogP contribution < -0.4 is 16.4 Å². The first-order valence-electron chi connectivity index (χ1n) is 5.92. The highest BCUT2D eigenvalue weighted by atomic mass is 16.5. The van der Waals surface area contributed by atoms with Crippen molar-refractivity contribution >= 4 is 11.7 Å². The summed E-state index contributed by atoms with van der Waals surface area (Å²) >= 11 is 0. The van der Waals surface area contributed by atoms with Crippen LogP contribution in [0, 0.1) is 6.92 Å². The van der Waals surface area contributed by atoms with Crippen LogP contribution >= 0.6 is 0 Å². The molecular formula is C12H18N4O2. The number of hydrogen-bond acceptors (Lipinski definition) is 5. The number of pyridine rings is 1. The van der Waals surface area contributed by atoms with Crippen LogP contribution in [0.1, 0.15) is 11.1 Å². The zero-order chi connectivity index (χ0) is 13.1. The van der Waals surface area contributed by atoms with Gasteiger partial charge >= 0.3 is 0 Å². The third-order valence-corrected chi connectivity index (χ3v) is 3.07. The van der Waals surface area contributed by atoms with Crippen molar-refractivity contribution in [3.05, 3.63) is 23.4 Å². The number of morpholine rings is 1. The number of nitrogens with two attached hydrogens (primary N) is 2. The summed E-state index contributed by atoms with van der Waals surface area (Å²) in [5.74, 6) is 0.387. The molecular weight excluding hydrogens is 232 g/mol. The minimum atomic E-state index is -0.450. The lowest BCUT2D eigenvalue weighted by Gasteiger charge is -2.35. The van der Waals surface area contributed by atoms with Gasteiger partial charge in [-0.3, -0.25) is 4.79 Å². The minimum absolute atomic E-state index is 0.315. The summed E-state index contributed by atoms with van der Waals surface area (Å²) in [6.07, 6.45) is 1.73. The first-order valence-corrected chi connectivity index (χ1v) is 5.92. The predicted octanol–water partition coefficient (Wildman–Crippen LogP) is -0.461. The van der Waals surface area contributed by atoms with Crippen molar-refractivity contribution in [1.82, 2.24) is 4.98 Å². The molecule has 1 aliphatic rings. The van der Waals surface area contributed by atoms with E-state index in [1.807, 2.05) is 17.9 Å². The van der Waals surface area contributed by atoms with E-state index in [-0.39, 0.29) is 5.91 Å². The van der Waals surface area contributed by atoms with Crippen LogP contribution in [0.4, 0.5) is 5.82 Å². The van der Waals surface area contributed by atoms with Gasteiger partial charge in [-0.05, 0) is 24.1 Å². The second-order valence-electron chi connectivity index (χ2n) is 4.37. The Morgan fingerprint density at radius 1 is 1.67 bits per heavy atom. The minimum Gasteiger partial charge on any atom is -0.377 e. The van der Waals surface area contributed by atoms with Gasteiger partial charge in [0.05, 0.1) is 13.2 Å². The molecule has 4 N–H and O–H groups in total. The molecule has 0 spiro atoms. The Kier molecular flexibility index (Phi) is 3.78. The summed E-state index contributed by atoms with van der Waals surface area (Å²) in [4.78, 5) is 17.7. The molecule has 2 heterocycles. The van der Waals surface area contributed by atoms with Crippen molar-refractivity contribution in [3.63, 3.8) is 0 Å². The van der Waals surface area contributed by atoms with Gasteiger partial charge in [0.25, 0.3) is 0 Å². The van der Waals surface area contributed by atoms with E-state index in [0.29, 0.717) is 26.3 Å². The van der Waals surface area contributed by atoms with Crippen molar-refractivity contribution < 1.29 is 9.53 Å². The fourth-order valence-electron chi connectivity index (χ4n) is 2.13. The van der Waals surface area contributed by atoms with Gasteiger partial charge < -0.3 is 21.1 Å². The molecule has 1 saturated heterocycles. The lowest BCUT2D eigenvalue weighted by atomic mass is 10.1. The molecule has 2 rings (SSSR count). The molecule has 1 unspecified atom stereocenters. The summed E-state index contributed by atoms with van der Waals surface area (Å²) in [6.45, 7) is 3.91. The van der Waals surface area contributed by atoms with Crippen LogP contribution in [0.25, 0.3) is 0 Å². The van der Waals surface area contributed by atoms with Gasteiger partial charge in [-0.25, -0.2) is 4.98 Å². The third kappa shape index (κ3) is 2.44. The van der Waals surface area contributed by atoms with E-state index in [4.69, 9.17) is 16.2 Å². The maximum atomic E-state index is 11.4. The number of amides is 1. The summed E-state index contributed by atoms with van der Waals surface area (Å²) in [7, 11) is 0. The summed E-state index contributed by atoms with van der Waals surface area (Å²) in [6, 6.07) is 1.53. The van der Waals surface area contributed by atoms with E-state index in [1.165, 1.54) is 0 Å². The highest BCUT2D eigenvalue weighted by molar-refractivity contribution is 5.84. The van der Waals surface area contributed by atoms with Crippen LogP contribution in [-0.2, 0) is 16.1 Å². The van der Waals surface area contributed by atoms with Gasteiger partial charge in [-0.2, -0.15) is 0 Å². The second-order valence-corrected chi connectivity index (χ2v) is 4.37. The molecule has 0 bridgehead atoms. The number of aryl methyl sites for hydroxylation is 1. The van der Waals surface area contributed by atoms with Gasteiger partial charge in [-0.15, -0.1) is 0 Å². The normalized spacial score (nSPS) is 19.9. The molecule has 1 amide bonds. The molecule has 6 heteroatoms. The van der Waals surface area contributed by atoms with E-state index in [2.05, 4.69) is 4.98 Å². The number of ether oxygens (including phenoxy) is 1. The number of anilines is 1. The summed E-state index contributed by atoms with van der Waals surface area (Å²) in [5, 5.41) is 0. The Balaban J connectivity index is 2.31.